The van der Waals surface area contributed by atoms with Crippen LogP contribution in [0.3, 0.4) is 0 Å². The summed E-state index contributed by atoms with van der Waals surface area (Å²) >= 11 is 0. The highest BCUT2D eigenvalue weighted by molar-refractivity contribution is 5.89. The van der Waals surface area contributed by atoms with Gasteiger partial charge in [0.2, 0.25) is 5.91 Å². The number of esters is 1. The molecular formula is C18H30N2O6. The van der Waals surface area contributed by atoms with Gasteiger partial charge < -0.3 is 25.6 Å². The Balaban J connectivity index is 2.05. The minimum atomic E-state index is -1.24. The first-order valence-electron chi connectivity index (χ1n) is 9.02. The zero-order valence-corrected chi connectivity index (χ0v) is 15.9. The van der Waals surface area contributed by atoms with Crippen molar-refractivity contribution >= 4 is 17.8 Å². The maximum atomic E-state index is 12.1. The molecule has 8 heteroatoms. The molecule has 148 valence electrons. The van der Waals surface area contributed by atoms with E-state index in [4.69, 9.17) is 20.3 Å². The number of carbonyl (C=O) groups excluding carboxylic acids is 2. The Morgan fingerprint density at radius 2 is 1.96 bits per heavy atom. The summed E-state index contributed by atoms with van der Waals surface area (Å²) in [6.07, 6.45) is 2.61. The number of hydrogen-bond acceptors (Lipinski definition) is 6. The minimum Gasteiger partial charge on any atom is -0.481 e. The molecule has 0 aromatic carbocycles. The Morgan fingerprint density at radius 1 is 1.31 bits per heavy atom. The molecule has 1 amide bonds. The van der Waals surface area contributed by atoms with E-state index in [1.165, 1.54) is 7.11 Å². The van der Waals surface area contributed by atoms with Crippen LogP contribution in [0.2, 0.25) is 0 Å². The molecule has 2 saturated carbocycles. The Hall–Kier alpha value is -1.67. The maximum absolute atomic E-state index is 12.1. The first-order valence-corrected chi connectivity index (χ1v) is 9.02. The van der Waals surface area contributed by atoms with E-state index in [1.54, 1.807) is 0 Å². The molecule has 0 aliphatic heterocycles. The summed E-state index contributed by atoms with van der Waals surface area (Å²) in [4.78, 5) is 34.9. The fraction of sp³-hybridized carbons (Fsp3) is 0.833. The molecule has 0 aromatic heterocycles. The Kier molecular flexibility index (Phi) is 5.97. The molecule has 0 aromatic rings. The largest absolute Gasteiger partial charge is 0.481 e. The number of amides is 1. The number of hydrogen-bond donors (Lipinski definition) is 3. The zero-order valence-electron chi connectivity index (χ0n) is 15.9. The number of carboxylic acid groups (broad SMARTS) is 1. The Bertz CT molecular complexity index is 578. The number of nitrogens with one attached hydrogen (secondary N) is 1. The van der Waals surface area contributed by atoms with Gasteiger partial charge in [-0.25, -0.2) is 4.79 Å². The molecule has 26 heavy (non-hydrogen) atoms. The average molecular weight is 370 g/mol. The monoisotopic (exact) mass is 370 g/mol. The summed E-state index contributed by atoms with van der Waals surface area (Å²) in [7, 11) is 1.23. The third kappa shape index (κ3) is 3.86. The molecule has 2 aliphatic rings. The smallest absolute Gasteiger partial charge is 0.330 e. The molecular weight excluding hydrogens is 340 g/mol. The summed E-state index contributed by atoms with van der Waals surface area (Å²) in [5, 5.41) is 11.2. The highest BCUT2D eigenvalue weighted by Gasteiger charge is 2.61. The van der Waals surface area contributed by atoms with Crippen LogP contribution in [0.4, 0.5) is 0 Å². The van der Waals surface area contributed by atoms with Crippen molar-refractivity contribution in [2.24, 2.45) is 23.0 Å². The SMILES string of the molecule is COC(=O)[C@H](COC12CC(CC1C)CC2(C)C)NC(=O)[C@@H](N)CC(=O)O. The lowest BCUT2D eigenvalue weighted by atomic mass is 9.68. The molecule has 0 saturated heterocycles. The molecule has 3 unspecified atom stereocenters. The summed E-state index contributed by atoms with van der Waals surface area (Å²) in [6.45, 7) is 6.49. The lowest BCUT2D eigenvalue weighted by molar-refractivity contribution is -0.161. The van der Waals surface area contributed by atoms with Crippen LogP contribution in [-0.4, -0.2) is 54.4 Å². The zero-order chi connectivity index (χ0) is 19.7. The van der Waals surface area contributed by atoms with Crippen molar-refractivity contribution in [3.8, 4) is 0 Å². The number of fused-ring (bicyclic) bond motifs is 2. The van der Waals surface area contributed by atoms with Gasteiger partial charge in [-0.15, -0.1) is 0 Å². The van der Waals surface area contributed by atoms with Crippen LogP contribution in [0.5, 0.6) is 0 Å². The van der Waals surface area contributed by atoms with Crippen molar-refractivity contribution in [2.45, 2.75) is 64.1 Å². The van der Waals surface area contributed by atoms with Crippen molar-refractivity contribution < 1.29 is 29.0 Å². The number of ether oxygens (including phenoxy) is 2. The second-order valence-corrected chi connectivity index (χ2v) is 8.28. The van der Waals surface area contributed by atoms with Crippen LogP contribution in [0.1, 0.15) is 46.5 Å². The number of carboxylic acids is 1. The summed E-state index contributed by atoms with van der Waals surface area (Å²) in [5.41, 5.74) is 5.21. The van der Waals surface area contributed by atoms with Gasteiger partial charge >= 0.3 is 11.9 Å². The van der Waals surface area contributed by atoms with Crippen molar-refractivity contribution in [1.29, 1.82) is 0 Å². The van der Waals surface area contributed by atoms with Gasteiger partial charge in [-0.2, -0.15) is 0 Å². The Labute approximate surface area is 153 Å². The van der Waals surface area contributed by atoms with E-state index < -0.39 is 36.4 Å². The van der Waals surface area contributed by atoms with Crippen molar-refractivity contribution in [3.63, 3.8) is 0 Å². The summed E-state index contributed by atoms with van der Waals surface area (Å²) < 4.78 is 11.0. The van der Waals surface area contributed by atoms with Gasteiger partial charge in [0.25, 0.3) is 0 Å². The van der Waals surface area contributed by atoms with E-state index in [0.717, 1.165) is 19.3 Å². The number of nitrogens with two attached hydrogens (primary N) is 1. The van der Waals surface area contributed by atoms with Gasteiger partial charge in [0.1, 0.15) is 0 Å². The van der Waals surface area contributed by atoms with E-state index in [9.17, 15) is 14.4 Å². The van der Waals surface area contributed by atoms with E-state index in [0.29, 0.717) is 11.8 Å². The topological polar surface area (TPSA) is 128 Å². The number of rotatable bonds is 8. The molecule has 2 aliphatic carbocycles. The van der Waals surface area contributed by atoms with Crippen LogP contribution in [0, 0.1) is 17.3 Å². The van der Waals surface area contributed by atoms with Gasteiger partial charge in [0, 0.05) is 0 Å². The lowest BCUT2D eigenvalue weighted by Crippen LogP contribution is -2.54. The van der Waals surface area contributed by atoms with Crippen LogP contribution in [0.25, 0.3) is 0 Å². The molecule has 5 atom stereocenters. The molecule has 0 heterocycles. The van der Waals surface area contributed by atoms with Crippen LogP contribution >= 0.6 is 0 Å². The first kappa shape index (κ1) is 20.6. The first-order chi connectivity index (χ1) is 12.0. The van der Waals surface area contributed by atoms with Gasteiger partial charge in [-0.05, 0) is 36.5 Å². The molecule has 0 radical (unpaired) electrons. The van der Waals surface area contributed by atoms with Gasteiger partial charge in [0.05, 0.1) is 31.8 Å². The van der Waals surface area contributed by atoms with Crippen molar-refractivity contribution in [2.75, 3.05) is 13.7 Å². The third-order valence-corrected chi connectivity index (χ3v) is 6.06. The molecule has 2 fully saturated rings. The normalized spacial score (nSPS) is 31.3. The summed E-state index contributed by atoms with van der Waals surface area (Å²) in [6, 6.07) is -2.26. The number of aliphatic carboxylic acids is 1. The van der Waals surface area contributed by atoms with Crippen LogP contribution in [0.15, 0.2) is 0 Å². The highest BCUT2D eigenvalue weighted by Crippen LogP contribution is 2.62. The van der Waals surface area contributed by atoms with E-state index >= 15 is 0 Å². The molecule has 2 rings (SSSR count). The molecule has 0 spiro atoms. The molecule has 2 bridgehead atoms. The number of methoxy groups -OCH3 is 1. The second-order valence-electron chi connectivity index (χ2n) is 8.28. The summed E-state index contributed by atoms with van der Waals surface area (Å²) in [5.74, 6) is -1.56. The maximum Gasteiger partial charge on any atom is 0.330 e. The average Bonchev–Trinajstić information content (AvgIpc) is 2.98. The van der Waals surface area contributed by atoms with Crippen LogP contribution < -0.4 is 11.1 Å². The van der Waals surface area contributed by atoms with Crippen LogP contribution in [-0.2, 0) is 23.9 Å². The molecule has 4 N–H and O–H groups in total. The molecule has 8 nitrogen and oxygen atoms in total. The van der Waals surface area contributed by atoms with E-state index in [1.807, 2.05) is 0 Å². The number of carbonyl (C=O) groups is 3. The predicted octanol–water partition coefficient (Wildman–Crippen LogP) is 0.678. The fourth-order valence-corrected chi connectivity index (χ4v) is 4.90. The second kappa shape index (κ2) is 7.52. The van der Waals surface area contributed by atoms with Gasteiger partial charge in [-0.3, -0.25) is 9.59 Å². The Morgan fingerprint density at radius 3 is 2.46 bits per heavy atom. The standard InChI is InChI=1S/C18H30N2O6/c1-10-5-11-7-17(2,3)18(10,8-11)26-9-13(16(24)25-4)20-15(23)12(19)6-14(21)22/h10-13H,5-9,19H2,1-4H3,(H,20,23)(H,21,22)/t10?,11?,12-,13-,18?/m0/s1. The van der Waals surface area contributed by atoms with E-state index in [2.05, 4.69) is 26.1 Å². The quantitative estimate of drug-likeness (QED) is 0.536. The van der Waals surface area contributed by atoms with Gasteiger partial charge in [0.15, 0.2) is 6.04 Å². The third-order valence-electron chi connectivity index (χ3n) is 6.06. The van der Waals surface area contributed by atoms with Crippen molar-refractivity contribution in [3.05, 3.63) is 0 Å². The minimum absolute atomic E-state index is 0.0142. The van der Waals surface area contributed by atoms with Gasteiger partial charge in [-0.1, -0.05) is 20.8 Å². The highest BCUT2D eigenvalue weighted by atomic mass is 16.5. The van der Waals surface area contributed by atoms with Crippen molar-refractivity contribution in [1.82, 2.24) is 5.32 Å². The fourth-order valence-electron chi connectivity index (χ4n) is 4.90. The van der Waals surface area contributed by atoms with E-state index in [-0.39, 0.29) is 17.6 Å². The lowest BCUT2D eigenvalue weighted by Gasteiger charge is -2.46. The predicted molar refractivity (Wildman–Crippen MR) is 93.1 cm³/mol.